The molecule has 27 heavy (non-hydrogen) atoms. The number of aromatic nitrogens is 3. The summed E-state index contributed by atoms with van der Waals surface area (Å²) in [5.74, 6) is 0.569. The second-order valence-electron chi connectivity index (χ2n) is 6.32. The average molecular weight is 363 g/mol. The van der Waals surface area contributed by atoms with Crippen molar-refractivity contribution in [2.45, 2.75) is 6.92 Å². The number of carbonyl (C=O) groups excluding carboxylic acids is 1. The van der Waals surface area contributed by atoms with Crippen molar-refractivity contribution < 1.29 is 9.53 Å². The number of amides is 1. The lowest BCUT2D eigenvalue weighted by molar-refractivity contribution is 0.102. The summed E-state index contributed by atoms with van der Waals surface area (Å²) < 4.78 is 7.17. The summed E-state index contributed by atoms with van der Waals surface area (Å²) in [6.07, 6.45) is 3.33. The number of morpholine rings is 1. The van der Waals surface area contributed by atoms with E-state index in [4.69, 9.17) is 4.74 Å². The van der Waals surface area contributed by atoms with Gasteiger partial charge < -0.3 is 15.0 Å². The number of ether oxygens (including phenoxy) is 1. The van der Waals surface area contributed by atoms with Crippen molar-refractivity contribution in [2.75, 3.05) is 36.5 Å². The second kappa shape index (κ2) is 7.59. The van der Waals surface area contributed by atoms with Crippen LogP contribution >= 0.6 is 0 Å². The van der Waals surface area contributed by atoms with Crippen LogP contribution in [0, 0.1) is 6.92 Å². The molecule has 1 fully saturated rings. The molecule has 3 aromatic rings. The van der Waals surface area contributed by atoms with E-state index in [2.05, 4.69) is 20.3 Å². The summed E-state index contributed by atoms with van der Waals surface area (Å²) in [6.45, 7) is 4.72. The molecule has 1 aliphatic rings. The molecule has 1 N–H and O–H groups in total. The summed E-state index contributed by atoms with van der Waals surface area (Å²) >= 11 is 0. The maximum absolute atomic E-state index is 12.9. The molecule has 0 saturated carbocycles. The third-order valence-electron chi connectivity index (χ3n) is 4.60. The number of rotatable bonds is 4. The highest BCUT2D eigenvalue weighted by Gasteiger charge is 2.20. The van der Waals surface area contributed by atoms with Crippen LogP contribution in [0.3, 0.4) is 0 Å². The van der Waals surface area contributed by atoms with Gasteiger partial charge in [-0.3, -0.25) is 4.79 Å². The first-order valence-corrected chi connectivity index (χ1v) is 8.93. The van der Waals surface area contributed by atoms with Crippen LogP contribution in [0.4, 0.5) is 11.5 Å². The molecule has 4 rings (SSSR count). The van der Waals surface area contributed by atoms with Gasteiger partial charge in [0, 0.05) is 19.3 Å². The molecule has 0 aliphatic carbocycles. The fourth-order valence-electron chi connectivity index (χ4n) is 3.17. The number of nitrogens with zero attached hydrogens (tertiary/aromatic N) is 4. The van der Waals surface area contributed by atoms with Crippen molar-refractivity contribution in [3.63, 3.8) is 0 Å². The maximum Gasteiger partial charge on any atom is 0.259 e. The van der Waals surface area contributed by atoms with Crippen LogP contribution in [0.15, 0.2) is 54.9 Å². The van der Waals surface area contributed by atoms with Crippen molar-refractivity contribution in [1.82, 2.24) is 14.8 Å². The third-order valence-corrected chi connectivity index (χ3v) is 4.60. The number of anilines is 2. The van der Waals surface area contributed by atoms with Gasteiger partial charge in [0.25, 0.3) is 5.91 Å². The quantitative estimate of drug-likeness (QED) is 0.772. The highest BCUT2D eigenvalue weighted by atomic mass is 16.5. The van der Waals surface area contributed by atoms with E-state index in [-0.39, 0.29) is 5.91 Å². The van der Waals surface area contributed by atoms with Crippen LogP contribution < -0.4 is 10.2 Å². The minimum atomic E-state index is -0.197. The number of hydrogen-bond donors (Lipinski definition) is 1. The fraction of sp³-hybridized carbons (Fsp3) is 0.250. The van der Waals surface area contributed by atoms with E-state index < -0.39 is 0 Å². The van der Waals surface area contributed by atoms with Crippen LogP contribution in [-0.2, 0) is 4.74 Å². The predicted octanol–water partition coefficient (Wildman–Crippen LogP) is 2.66. The molecule has 1 aliphatic heterocycles. The summed E-state index contributed by atoms with van der Waals surface area (Å²) in [6, 6.07) is 13.4. The molecule has 3 heterocycles. The topological polar surface area (TPSA) is 72.3 Å². The largest absolute Gasteiger partial charge is 0.378 e. The maximum atomic E-state index is 12.9. The Hall–Kier alpha value is -3.19. The van der Waals surface area contributed by atoms with Crippen molar-refractivity contribution in [3.05, 3.63) is 66.1 Å². The fourth-order valence-corrected chi connectivity index (χ4v) is 3.17. The summed E-state index contributed by atoms with van der Waals surface area (Å²) in [5.41, 5.74) is 2.94. The Balaban J connectivity index is 1.58. The van der Waals surface area contributed by atoms with Gasteiger partial charge in [-0.2, -0.15) is 5.10 Å². The predicted molar refractivity (Wildman–Crippen MR) is 104 cm³/mol. The standard InChI is InChI=1S/C20H21N5O2/c1-15-17(14-22-25(15)16-6-3-2-4-7-16)20(26)23-18-8-5-9-21-19(18)24-10-12-27-13-11-24/h2-9,14H,10-13H2,1H3,(H,23,26). The molecule has 0 unspecified atom stereocenters. The lowest BCUT2D eigenvalue weighted by atomic mass is 10.2. The molecule has 7 heteroatoms. The lowest BCUT2D eigenvalue weighted by Gasteiger charge is -2.29. The van der Waals surface area contributed by atoms with Gasteiger partial charge in [0.1, 0.15) is 0 Å². The smallest absolute Gasteiger partial charge is 0.259 e. The molecule has 1 saturated heterocycles. The minimum Gasteiger partial charge on any atom is -0.378 e. The van der Waals surface area contributed by atoms with Crippen LogP contribution in [0.5, 0.6) is 0 Å². The van der Waals surface area contributed by atoms with Gasteiger partial charge in [0.2, 0.25) is 0 Å². The molecule has 138 valence electrons. The van der Waals surface area contributed by atoms with E-state index in [1.165, 1.54) is 0 Å². The first-order chi connectivity index (χ1) is 13.2. The number of hydrogen-bond acceptors (Lipinski definition) is 5. The van der Waals surface area contributed by atoms with E-state index in [0.29, 0.717) is 24.5 Å². The Bertz CT molecular complexity index is 933. The van der Waals surface area contributed by atoms with Gasteiger partial charge in [-0.1, -0.05) is 18.2 Å². The Labute approximate surface area is 157 Å². The van der Waals surface area contributed by atoms with E-state index in [1.807, 2.05) is 49.4 Å². The van der Waals surface area contributed by atoms with Gasteiger partial charge in [0.15, 0.2) is 5.82 Å². The van der Waals surface area contributed by atoms with Gasteiger partial charge in [0.05, 0.1) is 42.0 Å². The van der Waals surface area contributed by atoms with Gasteiger partial charge in [-0.05, 0) is 31.2 Å². The van der Waals surface area contributed by atoms with Crippen molar-refractivity contribution in [3.8, 4) is 5.69 Å². The summed E-state index contributed by atoms with van der Waals surface area (Å²) in [7, 11) is 0. The minimum absolute atomic E-state index is 0.197. The molecular formula is C20H21N5O2. The monoisotopic (exact) mass is 363 g/mol. The van der Waals surface area contributed by atoms with Crippen LogP contribution in [0.25, 0.3) is 5.69 Å². The number of carbonyl (C=O) groups is 1. The van der Waals surface area contributed by atoms with E-state index in [1.54, 1.807) is 17.1 Å². The van der Waals surface area contributed by atoms with Crippen LogP contribution in [0.2, 0.25) is 0 Å². The molecular weight excluding hydrogens is 342 g/mol. The molecule has 1 aromatic carbocycles. The van der Waals surface area contributed by atoms with Crippen LogP contribution in [-0.4, -0.2) is 47.0 Å². The first-order valence-electron chi connectivity index (χ1n) is 8.93. The average Bonchev–Trinajstić information content (AvgIpc) is 3.11. The molecule has 1 amide bonds. The first kappa shape index (κ1) is 17.2. The van der Waals surface area contributed by atoms with E-state index in [0.717, 1.165) is 30.3 Å². The van der Waals surface area contributed by atoms with Crippen molar-refractivity contribution >= 4 is 17.4 Å². The second-order valence-corrected chi connectivity index (χ2v) is 6.32. The van der Waals surface area contributed by atoms with E-state index >= 15 is 0 Å². The van der Waals surface area contributed by atoms with E-state index in [9.17, 15) is 4.79 Å². The van der Waals surface area contributed by atoms with Crippen molar-refractivity contribution in [2.24, 2.45) is 0 Å². The molecule has 0 bridgehead atoms. The highest BCUT2D eigenvalue weighted by Crippen LogP contribution is 2.24. The van der Waals surface area contributed by atoms with Crippen LogP contribution in [0.1, 0.15) is 16.1 Å². The van der Waals surface area contributed by atoms with Crippen molar-refractivity contribution in [1.29, 1.82) is 0 Å². The molecule has 2 aromatic heterocycles. The molecule has 0 spiro atoms. The van der Waals surface area contributed by atoms with Gasteiger partial charge >= 0.3 is 0 Å². The molecule has 0 atom stereocenters. The zero-order chi connectivity index (χ0) is 18.6. The highest BCUT2D eigenvalue weighted by molar-refractivity contribution is 6.06. The normalized spacial score (nSPS) is 14.2. The number of pyridine rings is 1. The Morgan fingerprint density at radius 2 is 1.89 bits per heavy atom. The Kier molecular flexibility index (Phi) is 4.84. The Morgan fingerprint density at radius 3 is 2.67 bits per heavy atom. The molecule has 0 radical (unpaired) electrons. The van der Waals surface area contributed by atoms with Gasteiger partial charge in [-0.15, -0.1) is 0 Å². The number of benzene rings is 1. The summed E-state index contributed by atoms with van der Waals surface area (Å²) in [5, 5.41) is 7.37. The zero-order valence-electron chi connectivity index (χ0n) is 15.1. The lowest BCUT2D eigenvalue weighted by Crippen LogP contribution is -2.37. The number of nitrogens with one attached hydrogen (secondary N) is 1. The Morgan fingerprint density at radius 1 is 1.11 bits per heavy atom. The SMILES string of the molecule is Cc1c(C(=O)Nc2cccnc2N2CCOCC2)cnn1-c1ccccc1. The summed E-state index contributed by atoms with van der Waals surface area (Å²) in [4.78, 5) is 19.5. The number of para-hydroxylation sites is 1. The zero-order valence-corrected chi connectivity index (χ0v) is 15.1. The molecule has 7 nitrogen and oxygen atoms in total. The van der Waals surface area contributed by atoms with Gasteiger partial charge in [-0.25, -0.2) is 9.67 Å². The third kappa shape index (κ3) is 3.54.